The quantitative estimate of drug-likeness (QED) is 0.890. The number of carbonyl (C=O) groups is 1. The number of carboxylic acids is 1. The fourth-order valence-corrected chi connectivity index (χ4v) is 2.47. The van der Waals surface area contributed by atoms with Crippen LogP contribution in [0.3, 0.4) is 0 Å². The van der Waals surface area contributed by atoms with Crippen LogP contribution in [0.1, 0.15) is 23.9 Å². The molecule has 0 spiro atoms. The molecule has 4 nitrogen and oxygen atoms in total. The van der Waals surface area contributed by atoms with E-state index < -0.39 is 11.9 Å². The van der Waals surface area contributed by atoms with E-state index in [2.05, 4.69) is 5.10 Å². The molecule has 0 bridgehead atoms. The summed E-state index contributed by atoms with van der Waals surface area (Å²) in [6.45, 7) is 4.53. The van der Waals surface area contributed by atoms with Crippen molar-refractivity contribution in [2.24, 2.45) is 5.92 Å². The topological polar surface area (TPSA) is 55.1 Å². The van der Waals surface area contributed by atoms with Gasteiger partial charge in [0.1, 0.15) is 5.82 Å². The molecule has 2 rings (SSSR count). The Morgan fingerprint density at radius 1 is 1.38 bits per heavy atom. The molecule has 5 heteroatoms. The first-order valence-corrected chi connectivity index (χ1v) is 7.00. The summed E-state index contributed by atoms with van der Waals surface area (Å²) in [6.07, 6.45) is 0.522. The molecule has 0 aliphatic carbocycles. The molecule has 0 amide bonds. The maximum absolute atomic E-state index is 13.7. The first-order chi connectivity index (χ1) is 10.0. The van der Waals surface area contributed by atoms with E-state index in [1.165, 1.54) is 6.07 Å². The van der Waals surface area contributed by atoms with Crippen LogP contribution >= 0.6 is 0 Å². The number of hydrogen-bond acceptors (Lipinski definition) is 2. The van der Waals surface area contributed by atoms with E-state index in [0.717, 1.165) is 11.4 Å². The van der Waals surface area contributed by atoms with Crippen LogP contribution in [0, 0.1) is 18.7 Å². The minimum Gasteiger partial charge on any atom is -0.481 e. The van der Waals surface area contributed by atoms with E-state index in [9.17, 15) is 14.3 Å². The summed E-state index contributed by atoms with van der Waals surface area (Å²) in [5.41, 5.74) is 2.17. The molecule has 2 aromatic rings. The van der Waals surface area contributed by atoms with Gasteiger partial charge in [0, 0.05) is 18.7 Å². The molecular formula is C16H19FN2O2. The number of aryl methyl sites for hydroxylation is 2. The molecule has 1 atom stereocenters. The van der Waals surface area contributed by atoms with Crippen LogP contribution in [-0.2, 0) is 24.2 Å². The molecule has 0 radical (unpaired) electrons. The molecule has 1 heterocycles. The van der Waals surface area contributed by atoms with Crippen LogP contribution < -0.4 is 0 Å². The van der Waals surface area contributed by atoms with Crippen molar-refractivity contribution in [3.8, 4) is 0 Å². The van der Waals surface area contributed by atoms with Crippen molar-refractivity contribution in [3.63, 3.8) is 0 Å². The Kier molecular flexibility index (Phi) is 4.73. The van der Waals surface area contributed by atoms with Gasteiger partial charge in [-0.25, -0.2) is 4.39 Å². The van der Waals surface area contributed by atoms with Crippen LogP contribution in [-0.4, -0.2) is 20.9 Å². The van der Waals surface area contributed by atoms with Gasteiger partial charge in [-0.1, -0.05) is 18.2 Å². The Hall–Kier alpha value is -2.17. The Labute approximate surface area is 123 Å². The molecule has 1 N–H and O–H groups in total. The predicted molar refractivity (Wildman–Crippen MR) is 77.6 cm³/mol. The number of nitrogens with zero attached hydrogens (tertiary/aromatic N) is 2. The second kappa shape index (κ2) is 6.52. The second-order valence-corrected chi connectivity index (χ2v) is 5.13. The van der Waals surface area contributed by atoms with Crippen molar-refractivity contribution < 1.29 is 14.3 Å². The highest BCUT2D eigenvalue weighted by atomic mass is 19.1. The van der Waals surface area contributed by atoms with Gasteiger partial charge in [0.05, 0.1) is 11.6 Å². The molecule has 0 saturated carbocycles. The maximum atomic E-state index is 13.7. The zero-order valence-electron chi connectivity index (χ0n) is 12.2. The van der Waals surface area contributed by atoms with Crippen LogP contribution in [0.5, 0.6) is 0 Å². The molecule has 1 aromatic carbocycles. The predicted octanol–water partition coefficient (Wildman–Crippen LogP) is 2.84. The lowest BCUT2D eigenvalue weighted by molar-refractivity contribution is -0.141. The Morgan fingerprint density at radius 3 is 2.71 bits per heavy atom. The van der Waals surface area contributed by atoms with Crippen molar-refractivity contribution >= 4 is 5.97 Å². The van der Waals surface area contributed by atoms with Gasteiger partial charge in [-0.2, -0.15) is 5.10 Å². The second-order valence-electron chi connectivity index (χ2n) is 5.13. The van der Waals surface area contributed by atoms with Crippen molar-refractivity contribution in [2.75, 3.05) is 0 Å². The van der Waals surface area contributed by atoms with Gasteiger partial charge in [-0.05, 0) is 38.0 Å². The number of aliphatic carboxylic acids is 1. The third kappa shape index (κ3) is 3.68. The summed E-state index contributed by atoms with van der Waals surface area (Å²) in [6, 6.07) is 8.20. The summed E-state index contributed by atoms with van der Waals surface area (Å²) >= 11 is 0. The first kappa shape index (κ1) is 15.2. The van der Waals surface area contributed by atoms with E-state index in [1.54, 1.807) is 22.9 Å². The minimum atomic E-state index is -0.917. The van der Waals surface area contributed by atoms with Crippen molar-refractivity contribution in [3.05, 3.63) is 53.1 Å². The Balaban J connectivity index is 2.20. The van der Waals surface area contributed by atoms with Gasteiger partial charge in [0.15, 0.2) is 0 Å². The number of hydrogen-bond donors (Lipinski definition) is 1. The van der Waals surface area contributed by atoms with Gasteiger partial charge in [-0.15, -0.1) is 0 Å². The summed E-state index contributed by atoms with van der Waals surface area (Å²) in [7, 11) is 0. The molecule has 0 saturated heterocycles. The summed E-state index contributed by atoms with van der Waals surface area (Å²) in [4.78, 5) is 11.5. The largest absolute Gasteiger partial charge is 0.481 e. The van der Waals surface area contributed by atoms with Crippen molar-refractivity contribution in [2.45, 2.75) is 33.2 Å². The Bertz CT molecular complexity index is 637. The van der Waals surface area contributed by atoms with Gasteiger partial charge in [0.2, 0.25) is 0 Å². The molecule has 0 fully saturated rings. The fraction of sp³-hybridized carbons (Fsp3) is 0.375. The molecule has 21 heavy (non-hydrogen) atoms. The number of aromatic nitrogens is 2. The van der Waals surface area contributed by atoms with E-state index in [1.807, 2.05) is 19.9 Å². The van der Waals surface area contributed by atoms with Gasteiger partial charge in [-0.3, -0.25) is 9.48 Å². The zero-order valence-corrected chi connectivity index (χ0v) is 12.2. The van der Waals surface area contributed by atoms with Crippen LogP contribution in [0.2, 0.25) is 0 Å². The summed E-state index contributed by atoms with van der Waals surface area (Å²) in [5, 5.41) is 13.7. The normalized spacial score (nSPS) is 12.3. The lowest BCUT2D eigenvalue weighted by Crippen LogP contribution is -2.21. The number of benzene rings is 1. The number of rotatable bonds is 6. The van der Waals surface area contributed by atoms with Crippen LogP contribution in [0.4, 0.5) is 4.39 Å². The molecule has 1 aromatic heterocycles. The van der Waals surface area contributed by atoms with Gasteiger partial charge in [0.25, 0.3) is 0 Å². The van der Waals surface area contributed by atoms with E-state index >= 15 is 0 Å². The lowest BCUT2D eigenvalue weighted by Gasteiger charge is -2.13. The highest BCUT2D eigenvalue weighted by Gasteiger charge is 2.22. The maximum Gasteiger partial charge on any atom is 0.307 e. The van der Waals surface area contributed by atoms with E-state index in [0.29, 0.717) is 18.5 Å². The monoisotopic (exact) mass is 290 g/mol. The van der Waals surface area contributed by atoms with Gasteiger partial charge < -0.3 is 5.11 Å². The average Bonchev–Trinajstić information content (AvgIpc) is 2.80. The fourth-order valence-electron chi connectivity index (χ4n) is 2.47. The highest BCUT2D eigenvalue weighted by molar-refractivity contribution is 5.70. The third-order valence-electron chi connectivity index (χ3n) is 3.51. The zero-order chi connectivity index (χ0) is 15.4. The number of carboxylic acid groups (broad SMARTS) is 1. The standard InChI is InChI=1S/C16H19FN2O2/c1-3-19-14(8-11(2)18-19)10-13(16(20)21)9-12-6-4-5-7-15(12)17/h4-8,13H,3,9-10H2,1-2H3,(H,20,21). The van der Waals surface area contributed by atoms with Crippen LogP contribution in [0.15, 0.2) is 30.3 Å². The third-order valence-corrected chi connectivity index (χ3v) is 3.51. The summed E-state index contributed by atoms with van der Waals surface area (Å²) in [5.74, 6) is -1.94. The first-order valence-electron chi connectivity index (χ1n) is 7.00. The number of halogens is 1. The van der Waals surface area contributed by atoms with Crippen LogP contribution in [0.25, 0.3) is 0 Å². The Morgan fingerprint density at radius 2 is 2.10 bits per heavy atom. The summed E-state index contributed by atoms with van der Waals surface area (Å²) < 4.78 is 15.5. The minimum absolute atomic E-state index is 0.177. The van der Waals surface area contributed by atoms with Crippen molar-refractivity contribution in [1.82, 2.24) is 9.78 Å². The van der Waals surface area contributed by atoms with E-state index in [4.69, 9.17) is 0 Å². The molecule has 1 unspecified atom stereocenters. The van der Waals surface area contributed by atoms with E-state index in [-0.39, 0.29) is 12.2 Å². The molecule has 0 aliphatic rings. The average molecular weight is 290 g/mol. The molecule has 0 aliphatic heterocycles. The highest BCUT2D eigenvalue weighted by Crippen LogP contribution is 2.18. The molecular weight excluding hydrogens is 271 g/mol. The smallest absolute Gasteiger partial charge is 0.307 e. The van der Waals surface area contributed by atoms with Gasteiger partial charge >= 0.3 is 5.97 Å². The molecule has 112 valence electrons. The van der Waals surface area contributed by atoms with Crippen molar-refractivity contribution in [1.29, 1.82) is 0 Å². The SMILES string of the molecule is CCn1nc(C)cc1CC(Cc1ccccc1F)C(=O)O. The lowest BCUT2D eigenvalue weighted by atomic mass is 9.94.